The first-order valence-electron chi connectivity index (χ1n) is 12.7. The van der Waals surface area contributed by atoms with Gasteiger partial charge < -0.3 is 9.30 Å². The third-order valence-corrected chi connectivity index (χ3v) is 7.50. The minimum atomic E-state index is -0.425. The van der Waals surface area contributed by atoms with Crippen molar-refractivity contribution in [3.05, 3.63) is 72.4 Å². The van der Waals surface area contributed by atoms with Gasteiger partial charge in [-0.25, -0.2) is 4.79 Å². The molecule has 4 aromatic rings. The zero-order valence-corrected chi connectivity index (χ0v) is 20.3. The third kappa shape index (κ3) is 4.11. The molecule has 2 fully saturated rings. The summed E-state index contributed by atoms with van der Waals surface area (Å²) >= 11 is 0. The highest BCUT2D eigenvalue weighted by Gasteiger charge is 2.31. The number of nitriles is 1. The minimum Gasteiger partial charge on any atom is -0.446 e. The topological polar surface area (TPSA) is 79.9 Å². The second-order valence-electron chi connectivity index (χ2n) is 9.89. The average Bonchev–Trinajstić information content (AvgIpc) is 3.67. The second-order valence-corrected chi connectivity index (χ2v) is 9.89. The molecule has 1 atom stereocenters. The molecule has 2 aromatic carbocycles. The number of carbonyl (C=O) groups is 1. The Balaban J connectivity index is 1.37. The Morgan fingerprint density at radius 1 is 1.08 bits per heavy atom. The van der Waals surface area contributed by atoms with Gasteiger partial charge >= 0.3 is 6.09 Å². The van der Waals surface area contributed by atoms with Gasteiger partial charge in [0.1, 0.15) is 12.2 Å². The van der Waals surface area contributed by atoms with Crippen LogP contribution in [0.4, 0.5) is 10.5 Å². The number of hydrogen-bond donors (Lipinski definition) is 1. The fourth-order valence-corrected chi connectivity index (χ4v) is 5.11. The zero-order valence-electron chi connectivity index (χ0n) is 20.3. The maximum absolute atomic E-state index is 12.3. The number of nitrogens with zero attached hydrogens (tertiary/aromatic N) is 3. The molecule has 0 saturated heterocycles. The normalized spacial score (nSPS) is 16.2. The van der Waals surface area contributed by atoms with Crippen molar-refractivity contribution in [1.82, 2.24) is 9.55 Å². The molecule has 0 bridgehead atoms. The Labute approximate surface area is 210 Å². The van der Waals surface area contributed by atoms with E-state index in [1.807, 2.05) is 61.5 Å². The molecule has 0 spiro atoms. The van der Waals surface area contributed by atoms with Crippen LogP contribution in [0.1, 0.15) is 50.6 Å². The van der Waals surface area contributed by atoms with Crippen LogP contribution in [0.15, 0.2) is 66.9 Å². The van der Waals surface area contributed by atoms with Crippen LogP contribution in [-0.4, -0.2) is 21.7 Å². The van der Waals surface area contributed by atoms with Crippen molar-refractivity contribution in [3.8, 4) is 28.6 Å². The van der Waals surface area contributed by atoms with Crippen molar-refractivity contribution < 1.29 is 9.53 Å². The molecule has 2 saturated carbocycles. The minimum absolute atomic E-state index is 0.0587. The van der Waals surface area contributed by atoms with Crippen LogP contribution in [0, 0.1) is 17.2 Å². The Kier molecular flexibility index (Phi) is 5.69. The monoisotopic (exact) mass is 476 g/mol. The number of hydrogen-bond acceptors (Lipinski definition) is 4. The number of carbonyl (C=O) groups excluding carboxylic acids is 1. The smallest absolute Gasteiger partial charge is 0.411 e. The van der Waals surface area contributed by atoms with E-state index in [0.717, 1.165) is 59.1 Å². The molecule has 180 valence electrons. The van der Waals surface area contributed by atoms with Gasteiger partial charge in [-0.05, 0) is 80.8 Å². The highest BCUT2D eigenvalue weighted by molar-refractivity contribution is 5.97. The van der Waals surface area contributed by atoms with E-state index in [2.05, 4.69) is 27.0 Å². The fraction of sp³-hybridized carbons (Fsp3) is 0.300. The van der Waals surface area contributed by atoms with E-state index >= 15 is 0 Å². The molecule has 2 aromatic heterocycles. The summed E-state index contributed by atoms with van der Waals surface area (Å²) in [5, 5.41) is 14.0. The Morgan fingerprint density at radius 3 is 2.50 bits per heavy atom. The molecule has 1 N–H and O–H groups in total. The van der Waals surface area contributed by atoms with E-state index in [0.29, 0.717) is 23.2 Å². The molecule has 0 unspecified atom stereocenters. The molecule has 0 aliphatic heterocycles. The predicted molar refractivity (Wildman–Crippen MR) is 140 cm³/mol. The first kappa shape index (κ1) is 22.4. The van der Waals surface area contributed by atoms with Gasteiger partial charge in [0.25, 0.3) is 0 Å². The van der Waals surface area contributed by atoms with Gasteiger partial charge in [-0.15, -0.1) is 0 Å². The van der Waals surface area contributed by atoms with E-state index in [1.54, 1.807) is 6.20 Å². The predicted octanol–water partition coefficient (Wildman–Crippen LogP) is 7.31. The molecule has 2 aliphatic rings. The third-order valence-electron chi connectivity index (χ3n) is 7.50. The Hall–Kier alpha value is -4.11. The molecular weight excluding hydrogens is 448 g/mol. The maximum Gasteiger partial charge on any atom is 0.411 e. The zero-order chi connectivity index (χ0) is 24.6. The number of nitrogens with one attached hydrogen (secondary N) is 1. The lowest BCUT2D eigenvalue weighted by Crippen LogP contribution is -2.21. The lowest BCUT2D eigenvalue weighted by atomic mass is 9.92. The van der Waals surface area contributed by atoms with Crippen LogP contribution in [0.2, 0.25) is 0 Å². The summed E-state index contributed by atoms with van der Waals surface area (Å²) in [4.78, 5) is 16.8. The van der Waals surface area contributed by atoms with Crippen LogP contribution in [-0.2, 0) is 4.74 Å². The largest absolute Gasteiger partial charge is 0.446 e. The van der Waals surface area contributed by atoms with Gasteiger partial charge in [-0.1, -0.05) is 30.3 Å². The lowest BCUT2D eigenvalue weighted by molar-refractivity contribution is 0.108. The number of rotatable bonds is 6. The summed E-state index contributed by atoms with van der Waals surface area (Å²) in [6, 6.07) is 22.7. The van der Waals surface area contributed by atoms with Gasteiger partial charge in [0.2, 0.25) is 0 Å². The molecule has 6 heteroatoms. The van der Waals surface area contributed by atoms with Crippen molar-refractivity contribution in [1.29, 1.82) is 5.26 Å². The summed E-state index contributed by atoms with van der Waals surface area (Å²) in [7, 11) is 0. The second kappa shape index (κ2) is 9.16. The maximum atomic E-state index is 12.3. The van der Waals surface area contributed by atoms with Gasteiger partial charge in [0, 0.05) is 28.9 Å². The van der Waals surface area contributed by atoms with E-state index in [4.69, 9.17) is 4.74 Å². The summed E-state index contributed by atoms with van der Waals surface area (Å²) in [5.74, 6) is 0.495. The highest BCUT2D eigenvalue weighted by Crippen LogP contribution is 2.43. The van der Waals surface area contributed by atoms with Crippen LogP contribution in [0.25, 0.3) is 33.4 Å². The first-order valence-corrected chi connectivity index (χ1v) is 12.7. The summed E-state index contributed by atoms with van der Waals surface area (Å²) in [6.45, 7) is 1.95. The van der Waals surface area contributed by atoms with Gasteiger partial charge in [0.05, 0.1) is 22.5 Å². The summed E-state index contributed by atoms with van der Waals surface area (Å²) < 4.78 is 7.83. The number of anilines is 1. The number of amides is 1. The Morgan fingerprint density at radius 2 is 1.86 bits per heavy atom. The molecule has 6 nitrogen and oxygen atoms in total. The summed E-state index contributed by atoms with van der Waals surface area (Å²) in [6.07, 6.45) is 6.96. The lowest BCUT2D eigenvalue weighted by Gasteiger charge is -2.30. The summed E-state index contributed by atoms with van der Waals surface area (Å²) in [5.41, 5.74) is 6.27. The molecule has 0 radical (unpaired) electrons. The number of fused-ring (bicyclic) bond motifs is 1. The van der Waals surface area contributed by atoms with Crippen LogP contribution in [0.3, 0.4) is 0 Å². The molecular formula is C30H28N4O2. The van der Waals surface area contributed by atoms with E-state index in [-0.39, 0.29) is 6.10 Å². The molecule has 6 rings (SSSR count). The fourth-order valence-electron chi connectivity index (χ4n) is 5.11. The number of ether oxygens (including phenoxy) is 1. The molecule has 2 aliphatic carbocycles. The first-order chi connectivity index (χ1) is 17.6. The van der Waals surface area contributed by atoms with Crippen LogP contribution in [0.5, 0.6) is 0 Å². The Bertz CT molecular complexity index is 1460. The van der Waals surface area contributed by atoms with E-state index in [9.17, 15) is 10.1 Å². The average molecular weight is 477 g/mol. The molecule has 2 heterocycles. The van der Waals surface area contributed by atoms with Crippen molar-refractivity contribution in [3.63, 3.8) is 0 Å². The number of benzene rings is 2. The SMILES string of the molecule is C[C@@H](OC(=O)Nc1ccc(-c2c(C#N)c3ccc(-c4ccccn4)cc3n2C2CCC2)cc1)C1CC1. The van der Waals surface area contributed by atoms with Crippen molar-refractivity contribution in [2.24, 2.45) is 5.92 Å². The van der Waals surface area contributed by atoms with Crippen molar-refractivity contribution >= 4 is 22.7 Å². The molecule has 36 heavy (non-hydrogen) atoms. The van der Waals surface area contributed by atoms with E-state index < -0.39 is 6.09 Å². The van der Waals surface area contributed by atoms with Gasteiger partial charge in [-0.3, -0.25) is 10.3 Å². The quantitative estimate of drug-likeness (QED) is 0.316. The van der Waals surface area contributed by atoms with Crippen LogP contribution < -0.4 is 5.32 Å². The highest BCUT2D eigenvalue weighted by atomic mass is 16.6. The molecule has 1 amide bonds. The van der Waals surface area contributed by atoms with E-state index in [1.165, 1.54) is 6.42 Å². The number of aromatic nitrogens is 2. The van der Waals surface area contributed by atoms with Gasteiger partial charge in [-0.2, -0.15) is 5.26 Å². The van der Waals surface area contributed by atoms with Crippen molar-refractivity contribution in [2.45, 2.75) is 51.2 Å². The number of pyridine rings is 1. The van der Waals surface area contributed by atoms with Crippen LogP contribution >= 0.6 is 0 Å². The standard InChI is InChI=1S/C30H28N4O2/c1-19(20-8-9-20)36-30(35)33-23-13-10-21(11-14-23)29-26(18-31)25-15-12-22(27-7-2-3-16-32-27)17-28(25)34(29)24-5-4-6-24/h2-3,7,10-17,19-20,24H,4-6,8-9H2,1H3,(H,33,35)/t19-/m1/s1. The van der Waals surface area contributed by atoms with Crippen molar-refractivity contribution in [2.75, 3.05) is 5.32 Å². The van der Waals surface area contributed by atoms with Gasteiger partial charge in [0.15, 0.2) is 0 Å².